The van der Waals surface area contributed by atoms with Crippen LogP contribution < -0.4 is 16.0 Å². The van der Waals surface area contributed by atoms with Crippen LogP contribution in [0.4, 0.5) is 0 Å². The number of amides is 3. The van der Waals surface area contributed by atoms with Crippen LogP contribution in [0.2, 0.25) is 0 Å². The molecule has 0 saturated carbocycles. The van der Waals surface area contributed by atoms with E-state index in [1.807, 2.05) is 52.9 Å². The van der Waals surface area contributed by atoms with Gasteiger partial charge in [0.2, 0.25) is 17.7 Å². The molecular formula is C16H20IN3O6. The number of benzene rings is 1. The summed E-state index contributed by atoms with van der Waals surface area (Å²) in [4.78, 5) is 45.7. The Morgan fingerprint density at radius 2 is 1.73 bits per heavy atom. The molecule has 0 bridgehead atoms. The van der Waals surface area contributed by atoms with Crippen LogP contribution in [0, 0.1) is 0 Å². The molecule has 0 aliphatic carbocycles. The molecule has 0 fully saturated rings. The standard InChI is InChI=1S/C16H20IN3O6/c17-6-13(21)18-7-14(22)20-12(16(25)19-8-15(23)24)10-26-9-11-4-2-1-3-5-11/h1-5,12H,6-10H2,(H,18,21)(H,19,25)(H,20,22)(H,23,24)/i2+1,3+1,4+1,5+1,7+1,14+1,18+1. The lowest BCUT2D eigenvalue weighted by atomic mass is 10.3. The summed E-state index contributed by atoms with van der Waals surface area (Å²) in [5, 5.41) is 15.6. The molecule has 1 atom stereocenters. The van der Waals surface area contributed by atoms with Gasteiger partial charge in [0.05, 0.1) is 24.2 Å². The van der Waals surface area contributed by atoms with Gasteiger partial charge in [-0.25, -0.2) is 0 Å². The third-order valence-corrected chi connectivity index (χ3v) is 3.72. The smallest absolute Gasteiger partial charge is 0.322 e. The van der Waals surface area contributed by atoms with Crippen molar-refractivity contribution in [3.05, 3.63) is 35.9 Å². The molecule has 26 heavy (non-hydrogen) atoms. The van der Waals surface area contributed by atoms with Crippen LogP contribution in [0.25, 0.3) is 0 Å². The molecule has 3 amide bonds. The molecular weight excluding hydrogens is 464 g/mol. The third kappa shape index (κ3) is 9.32. The monoisotopic (exact) mass is 484 g/mol. The van der Waals surface area contributed by atoms with Gasteiger partial charge in [0.1, 0.15) is 12.6 Å². The first-order chi connectivity index (χ1) is 12.4. The highest BCUT2D eigenvalue weighted by molar-refractivity contribution is 14.1. The Labute approximate surface area is 164 Å². The fraction of sp³-hybridized carbons (Fsp3) is 0.375. The summed E-state index contributed by atoms with van der Waals surface area (Å²) in [6.45, 7) is -0.782. The minimum Gasteiger partial charge on any atom is -0.480 e. The van der Waals surface area contributed by atoms with E-state index in [9.17, 15) is 19.2 Å². The van der Waals surface area contributed by atoms with Gasteiger partial charge in [-0.1, -0.05) is 52.9 Å². The van der Waals surface area contributed by atoms with Crippen LogP contribution in [0.5, 0.6) is 0 Å². The molecule has 1 rings (SSSR count). The van der Waals surface area contributed by atoms with Crippen molar-refractivity contribution in [3.8, 4) is 0 Å². The first kappa shape index (κ1) is 21.8. The molecule has 0 aromatic heterocycles. The molecule has 0 heterocycles. The molecule has 9 nitrogen and oxygen atoms in total. The summed E-state index contributed by atoms with van der Waals surface area (Å²) < 4.78 is 5.65. The second-order valence-corrected chi connectivity index (χ2v) is 5.91. The van der Waals surface area contributed by atoms with Crippen LogP contribution in [0.15, 0.2) is 30.3 Å². The van der Waals surface area contributed by atoms with E-state index in [-0.39, 0.29) is 30.1 Å². The Bertz CT molecular complexity index is 626. The van der Waals surface area contributed by atoms with Crippen molar-refractivity contribution in [2.45, 2.75) is 12.6 Å². The van der Waals surface area contributed by atoms with Crippen LogP contribution in [0.1, 0.15) is 5.56 Å². The van der Waals surface area contributed by atoms with E-state index >= 15 is 0 Å². The minimum atomic E-state index is -1.21. The van der Waals surface area contributed by atoms with E-state index in [4.69, 9.17) is 9.84 Å². The van der Waals surface area contributed by atoms with Crippen LogP contribution in [-0.4, -0.2) is 59.0 Å². The van der Waals surface area contributed by atoms with E-state index in [0.29, 0.717) is 0 Å². The topological polar surface area (TPSA) is 134 Å². The number of alkyl halides is 1. The highest BCUT2D eigenvalue weighted by Gasteiger charge is 2.21. The van der Waals surface area contributed by atoms with Crippen molar-refractivity contribution in [3.63, 3.8) is 0 Å². The number of halogens is 1. The van der Waals surface area contributed by atoms with Crippen LogP contribution in [0.3, 0.4) is 0 Å². The molecule has 0 radical (unpaired) electrons. The molecule has 0 aliphatic rings. The summed E-state index contributed by atoms with van der Waals surface area (Å²) in [7, 11) is 0. The Morgan fingerprint density at radius 1 is 1.04 bits per heavy atom. The maximum Gasteiger partial charge on any atom is 0.322 e. The van der Waals surface area contributed by atoms with Gasteiger partial charge < -0.3 is 25.8 Å². The van der Waals surface area contributed by atoms with Gasteiger partial charge in [0.15, 0.2) is 0 Å². The van der Waals surface area contributed by atoms with Gasteiger partial charge in [-0.2, -0.15) is 0 Å². The summed E-state index contributed by atoms with van der Waals surface area (Å²) in [5.41, 5.74) is 0.887. The van der Waals surface area contributed by atoms with Crippen molar-refractivity contribution >= 4 is 46.3 Å². The first-order valence-electron chi connectivity index (χ1n) is 7.65. The predicted molar refractivity (Wildman–Crippen MR) is 101 cm³/mol. The Balaban J connectivity index is 2.56. The number of carbonyl (C=O) groups excluding carboxylic acids is 3. The molecule has 0 saturated heterocycles. The van der Waals surface area contributed by atoms with E-state index in [0.717, 1.165) is 5.56 Å². The molecule has 4 N–H and O–H groups in total. The zero-order valence-electron chi connectivity index (χ0n) is 13.9. The van der Waals surface area contributed by atoms with Gasteiger partial charge in [-0.05, 0) is 5.56 Å². The molecule has 10 heteroatoms. The predicted octanol–water partition coefficient (Wildman–Crippen LogP) is -0.560. The van der Waals surface area contributed by atoms with Crippen molar-refractivity contribution in [1.29, 1.82) is 0 Å². The van der Waals surface area contributed by atoms with Gasteiger partial charge >= 0.3 is 5.97 Å². The van der Waals surface area contributed by atoms with Crippen molar-refractivity contribution in [2.75, 3.05) is 24.1 Å². The molecule has 0 aliphatic heterocycles. The van der Waals surface area contributed by atoms with Crippen LogP contribution in [-0.2, 0) is 30.5 Å². The van der Waals surface area contributed by atoms with Gasteiger partial charge in [-0.15, -0.1) is 0 Å². The first-order valence-corrected chi connectivity index (χ1v) is 9.18. The molecule has 1 unspecified atom stereocenters. The van der Waals surface area contributed by atoms with E-state index < -0.39 is 30.4 Å². The number of rotatable bonds is 11. The lowest BCUT2D eigenvalue weighted by molar-refractivity contribution is -0.138. The Hall–Kier alpha value is -2.21. The number of carboxylic acid groups (broad SMARTS) is 1. The highest BCUT2D eigenvalue weighted by atomic mass is 127. The van der Waals surface area contributed by atoms with Crippen molar-refractivity contribution in [2.24, 2.45) is 0 Å². The molecule has 0 spiro atoms. The highest BCUT2D eigenvalue weighted by Crippen LogP contribution is 2.01. The lowest BCUT2D eigenvalue weighted by Crippen LogP contribution is -2.52. The number of hydrogen-bond acceptors (Lipinski definition) is 5. The second-order valence-electron chi connectivity index (χ2n) is 5.14. The number of nitrogens with one attached hydrogen (secondary N) is 3. The van der Waals surface area contributed by atoms with Gasteiger partial charge in [0.25, 0.3) is 0 Å². The normalized spacial score (nSPS) is 11.3. The summed E-state index contributed by atoms with van der Waals surface area (Å²) >= 11 is 1.85. The molecule has 1 aromatic rings. The van der Waals surface area contributed by atoms with Gasteiger partial charge in [0, 0.05) is 0 Å². The average Bonchev–Trinajstić information content (AvgIpc) is 2.64. The maximum absolute atomic E-state index is 12.1. The zero-order valence-corrected chi connectivity index (χ0v) is 16.0. The van der Waals surface area contributed by atoms with Crippen molar-refractivity contribution in [1.82, 2.24) is 16.0 Å². The minimum absolute atomic E-state index is 0.147. The van der Waals surface area contributed by atoms with Crippen LogP contribution >= 0.6 is 22.6 Å². The molecule has 1 aromatic carbocycles. The quantitative estimate of drug-likeness (QED) is 0.144. The summed E-state index contributed by atoms with van der Waals surface area (Å²) in [6, 6.07) is 8.15. The fourth-order valence-electron chi connectivity index (χ4n) is 1.81. The van der Waals surface area contributed by atoms with E-state index in [1.165, 1.54) is 0 Å². The zero-order chi connectivity index (χ0) is 19.4. The Morgan fingerprint density at radius 3 is 2.35 bits per heavy atom. The van der Waals surface area contributed by atoms with E-state index in [1.54, 1.807) is 0 Å². The van der Waals surface area contributed by atoms with Gasteiger partial charge in [-0.3, -0.25) is 19.2 Å². The number of aliphatic carboxylic acids is 1. The van der Waals surface area contributed by atoms with E-state index in [2.05, 4.69) is 16.0 Å². The average molecular weight is 484 g/mol. The van der Waals surface area contributed by atoms with Crippen molar-refractivity contribution < 1.29 is 29.0 Å². The number of ether oxygens (including phenoxy) is 1. The molecule has 142 valence electrons. The number of carbonyl (C=O) groups is 4. The maximum atomic E-state index is 12.1. The fourth-order valence-corrected chi connectivity index (χ4v) is 2.08. The number of hydrogen-bond donors (Lipinski definition) is 4. The largest absolute Gasteiger partial charge is 0.480 e. The third-order valence-electron chi connectivity index (χ3n) is 3.03. The Kier molecular flexibility index (Phi) is 10.2. The summed E-state index contributed by atoms with van der Waals surface area (Å²) in [6.07, 6.45) is 0. The summed E-state index contributed by atoms with van der Waals surface area (Å²) in [5.74, 6) is -2.79. The SMILES string of the molecule is O=C(O)CNC(=O)C(COCc1[13cH][13cH]c[13cH][13cH]1)N[13C](=O)[13CH2][15NH]C(=O)CI. The lowest BCUT2D eigenvalue weighted by Gasteiger charge is -2.18. The number of carboxylic acids is 1. The second kappa shape index (κ2) is 12.2.